The Hall–Kier alpha value is -1.91. The molecule has 0 aliphatic carbocycles. The van der Waals surface area contributed by atoms with Gasteiger partial charge in [-0.15, -0.1) is 0 Å². The van der Waals surface area contributed by atoms with Gasteiger partial charge in [0.05, 0.1) is 0 Å². The third-order valence-corrected chi connectivity index (χ3v) is 1.70. The molecule has 5 heteroatoms. The molecule has 1 aromatic rings. The predicted molar refractivity (Wildman–Crippen MR) is 47.4 cm³/mol. The molecule has 1 N–H and O–H groups in total. The van der Waals surface area contributed by atoms with Gasteiger partial charge in [0.15, 0.2) is 0 Å². The summed E-state index contributed by atoms with van der Waals surface area (Å²) in [7, 11) is 1.31. The van der Waals surface area contributed by atoms with Gasteiger partial charge in [-0.2, -0.15) is 0 Å². The Morgan fingerprint density at radius 1 is 1.29 bits per heavy atom. The van der Waals surface area contributed by atoms with Gasteiger partial charge in [-0.25, -0.2) is 9.18 Å². The summed E-state index contributed by atoms with van der Waals surface area (Å²) in [5.41, 5.74) is 0.332. The third-order valence-electron chi connectivity index (χ3n) is 1.70. The lowest BCUT2D eigenvalue weighted by atomic mass is 10.3. The van der Waals surface area contributed by atoms with E-state index in [4.69, 9.17) is 5.11 Å². The fourth-order valence-corrected chi connectivity index (χ4v) is 0.925. The molecule has 0 aliphatic rings. The molecule has 0 atom stereocenters. The van der Waals surface area contributed by atoms with E-state index in [1.165, 1.54) is 19.2 Å². The summed E-state index contributed by atoms with van der Waals surface area (Å²) in [5.74, 6) is -3.04. The summed E-state index contributed by atoms with van der Waals surface area (Å²) in [4.78, 5) is 22.2. The smallest absolute Gasteiger partial charge is 0.394 e. The maximum Gasteiger partial charge on any atom is 0.394 e. The molecular weight excluding hydrogens is 189 g/mol. The summed E-state index contributed by atoms with van der Waals surface area (Å²) in [5, 5.41) is 8.40. The normalized spacial score (nSPS) is 9.57. The van der Waals surface area contributed by atoms with Gasteiger partial charge in [0.2, 0.25) is 0 Å². The van der Waals surface area contributed by atoms with Crippen LogP contribution in [-0.4, -0.2) is 24.0 Å². The highest BCUT2D eigenvalue weighted by Gasteiger charge is 2.18. The lowest BCUT2D eigenvalue weighted by Gasteiger charge is -2.13. The van der Waals surface area contributed by atoms with E-state index in [1.54, 1.807) is 0 Å². The zero-order valence-corrected chi connectivity index (χ0v) is 7.40. The molecule has 0 saturated heterocycles. The van der Waals surface area contributed by atoms with Crippen LogP contribution >= 0.6 is 0 Å². The fraction of sp³-hybridized carbons (Fsp3) is 0.111. The first-order valence-electron chi connectivity index (χ1n) is 3.79. The average molecular weight is 197 g/mol. The van der Waals surface area contributed by atoms with E-state index in [9.17, 15) is 14.0 Å². The first kappa shape index (κ1) is 10.2. The maximum absolute atomic E-state index is 12.5. The quantitative estimate of drug-likeness (QED) is 0.679. The lowest BCUT2D eigenvalue weighted by molar-refractivity contribution is -0.148. The van der Waals surface area contributed by atoms with Crippen LogP contribution in [0.15, 0.2) is 24.3 Å². The molecule has 0 spiro atoms. The van der Waals surface area contributed by atoms with Crippen molar-refractivity contribution in [3.63, 3.8) is 0 Å². The van der Waals surface area contributed by atoms with Crippen LogP contribution < -0.4 is 4.90 Å². The molecule has 0 aliphatic heterocycles. The van der Waals surface area contributed by atoms with E-state index in [2.05, 4.69) is 0 Å². The second kappa shape index (κ2) is 3.87. The second-order valence-electron chi connectivity index (χ2n) is 2.65. The number of nitrogens with zero attached hydrogens (tertiary/aromatic N) is 1. The number of carboxylic acids is 1. The molecule has 4 nitrogen and oxygen atoms in total. The van der Waals surface area contributed by atoms with Crippen molar-refractivity contribution in [2.75, 3.05) is 11.9 Å². The van der Waals surface area contributed by atoms with Crippen molar-refractivity contribution in [1.82, 2.24) is 0 Å². The van der Waals surface area contributed by atoms with Gasteiger partial charge in [-0.05, 0) is 24.3 Å². The number of rotatable bonds is 1. The molecule has 0 heterocycles. The largest absolute Gasteiger partial charge is 0.474 e. The van der Waals surface area contributed by atoms with Crippen molar-refractivity contribution in [3.8, 4) is 0 Å². The molecule has 0 unspecified atom stereocenters. The Labute approximate surface area is 79.6 Å². The fourth-order valence-electron chi connectivity index (χ4n) is 0.925. The number of benzene rings is 1. The molecule has 0 fully saturated rings. The SMILES string of the molecule is CN(C(=O)C(=O)O)c1ccc(F)cc1. The van der Waals surface area contributed by atoms with Crippen LogP contribution in [0.3, 0.4) is 0 Å². The van der Waals surface area contributed by atoms with Crippen LogP contribution in [0.1, 0.15) is 0 Å². The number of hydrogen-bond donors (Lipinski definition) is 1. The lowest BCUT2D eigenvalue weighted by Crippen LogP contribution is -2.32. The number of aliphatic carboxylic acids is 1. The van der Waals surface area contributed by atoms with Gasteiger partial charge in [-0.3, -0.25) is 4.79 Å². The number of likely N-dealkylation sites (N-methyl/N-ethyl adjacent to an activating group) is 1. The summed E-state index contributed by atoms with van der Waals surface area (Å²) in [6.07, 6.45) is 0. The topological polar surface area (TPSA) is 57.6 Å². The Morgan fingerprint density at radius 2 is 1.79 bits per heavy atom. The van der Waals surface area contributed by atoms with Crippen molar-refractivity contribution in [2.45, 2.75) is 0 Å². The van der Waals surface area contributed by atoms with Crippen LogP contribution in [0.4, 0.5) is 10.1 Å². The van der Waals surface area contributed by atoms with Gasteiger partial charge in [-0.1, -0.05) is 0 Å². The monoisotopic (exact) mass is 197 g/mol. The van der Waals surface area contributed by atoms with Crippen LogP contribution in [-0.2, 0) is 9.59 Å². The minimum Gasteiger partial charge on any atom is -0.474 e. The second-order valence-corrected chi connectivity index (χ2v) is 2.65. The molecule has 14 heavy (non-hydrogen) atoms. The van der Waals surface area contributed by atoms with E-state index < -0.39 is 17.7 Å². The highest BCUT2D eigenvalue weighted by molar-refractivity contribution is 6.37. The number of halogens is 1. The van der Waals surface area contributed by atoms with Gasteiger partial charge in [0.1, 0.15) is 5.82 Å². The molecule has 0 bridgehead atoms. The number of anilines is 1. The van der Waals surface area contributed by atoms with Gasteiger partial charge < -0.3 is 10.0 Å². The van der Waals surface area contributed by atoms with Gasteiger partial charge in [0.25, 0.3) is 0 Å². The third kappa shape index (κ3) is 2.07. The highest BCUT2D eigenvalue weighted by atomic mass is 19.1. The number of amides is 1. The number of carbonyl (C=O) groups excluding carboxylic acids is 1. The summed E-state index contributed by atoms with van der Waals surface area (Å²) in [6.45, 7) is 0. The number of hydrogen-bond acceptors (Lipinski definition) is 2. The molecule has 0 radical (unpaired) electrons. The highest BCUT2D eigenvalue weighted by Crippen LogP contribution is 2.12. The van der Waals surface area contributed by atoms with Crippen molar-refractivity contribution < 1.29 is 19.1 Å². The van der Waals surface area contributed by atoms with Gasteiger partial charge in [0, 0.05) is 12.7 Å². The molecule has 74 valence electrons. The zero-order valence-electron chi connectivity index (χ0n) is 7.40. The Morgan fingerprint density at radius 3 is 2.21 bits per heavy atom. The van der Waals surface area contributed by atoms with E-state index in [-0.39, 0.29) is 0 Å². The Balaban J connectivity index is 2.89. The summed E-state index contributed by atoms with van der Waals surface area (Å²) >= 11 is 0. The molecule has 0 aromatic heterocycles. The Kier molecular flexibility index (Phi) is 2.81. The first-order valence-corrected chi connectivity index (χ1v) is 3.79. The van der Waals surface area contributed by atoms with Crippen molar-refractivity contribution in [2.24, 2.45) is 0 Å². The predicted octanol–water partition coefficient (Wildman–Crippen LogP) is 0.873. The zero-order chi connectivity index (χ0) is 10.7. The van der Waals surface area contributed by atoms with Crippen molar-refractivity contribution in [1.29, 1.82) is 0 Å². The van der Waals surface area contributed by atoms with Crippen LogP contribution in [0, 0.1) is 5.82 Å². The molecular formula is C9H8FNO3. The van der Waals surface area contributed by atoms with Crippen molar-refractivity contribution in [3.05, 3.63) is 30.1 Å². The minimum atomic E-state index is -1.54. The Bertz CT molecular complexity index is 361. The first-order chi connectivity index (χ1) is 6.52. The van der Waals surface area contributed by atoms with Gasteiger partial charge >= 0.3 is 11.9 Å². The summed E-state index contributed by atoms with van der Waals surface area (Å²) < 4.78 is 12.5. The molecule has 1 rings (SSSR count). The minimum absolute atomic E-state index is 0.332. The van der Waals surface area contributed by atoms with Crippen molar-refractivity contribution >= 4 is 17.6 Å². The van der Waals surface area contributed by atoms with E-state index in [0.29, 0.717) is 5.69 Å². The number of carbonyl (C=O) groups is 2. The standard InChI is InChI=1S/C9H8FNO3/c1-11(8(12)9(13)14)7-4-2-6(10)3-5-7/h2-5H,1H3,(H,13,14). The van der Waals surface area contributed by atoms with Crippen LogP contribution in [0.2, 0.25) is 0 Å². The van der Waals surface area contributed by atoms with E-state index in [1.807, 2.05) is 0 Å². The van der Waals surface area contributed by atoms with E-state index in [0.717, 1.165) is 17.0 Å². The average Bonchev–Trinajstić information content (AvgIpc) is 2.16. The maximum atomic E-state index is 12.5. The summed E-state index contributed by atoms with van der Waals surface area (Å²) in [6, 6.07) is 4.97. The van der Waals surface area contributed by atoms with Crippen LogP contribution in [0.25, 0.3) is 0 Å². The number of carboxylic acid groups (broad SMARTS) is 1. The molecule has 1 amide bonds. The van der Waals surface area contributed by atoms with Crippen LogP contribution in [0.5, 0.6) is 0 Å². The molecule has 0 saturated carbocycles. The molecule has 1 aromatic carbocycles. The van der Waals surface area contributed by atoms with E-state index >= 15 is 0 Å².